The number of nitrogens with one attached hydrogen (secondary N) is 1. The zero-order valence-electron chi connectivity index (χ0n) is 12.6. The Morgan fingerprint density at radius 1 is 1.40 bits per heavy atom. The minimum absolute atomic E-state index is 0.199. The fourth-order valence-corrected chi connectivity index (χ4v) is 2.84. The lowest BCUT2D eigenvalue weighted by molar-refractivity contribution is 0.0694. The Morgan fingerprint density at radius 2 is 2.05 bits per heavy atom. The summed E-state index contributed by atoms with van der Waals surface area (Å²) in [6, 6.07) is 5.77. The molecule has 0 fully saturated rings. The molecule has 0 aromatic heterocycles. The molecule has 0 heterocycles. The van der Waals surface area contributed by atoms with Crippen LogP contribution in [0.15, 0.2) is 23.1 Å². The van der Waals surface area contributed by atoms with Gasteiger partial charge in [-0.2, -0.15) is 0 Å². The van der Waals surface area contributed by atoms with Gasteiger partial charge in [0.25, 0.3) is 0 Å². The molecule has 0 saturated carbocycles. The first-order valence-electron chi connectivity index (χ1n) is 6.92. The molecule has 0 saturated heterocycles. The van der Waals surface area contributed by atoms with Crippen LogP contribution in [0.4, 0.5) is 5.69 Å². The molecule has 0 radical (unpaired) electrons. The number of likely N-dealkylation sites (N-methyl/N-ethyl adjacent to an activating group) is 1. The molecule has 1 unspecified atom stereocenters. The molecule has 0 aliphatic rings. The van der Waals surface area contributed by atoms with E-state index in [4.69, 9.17) is 0 Å². The lowest BCUT2D eigenvalue weighted by Crippen LogP contribution is -2.35. The fourth-order valence-electron chi connectivity index (χ4n) is 2.22. The van der Waals surface area contributed by atoms with Crippen LogP contribution in [-0.4, -0.2) is 47.9 Å². The molecular formula is C15H24N2O2S. The second kappa shape index (κ2) is 8.17. The number of hydrogen-bond acceptors (Lipinski definition) is 4. The average molecular weight is 296 g/mol. The van der Waals surface area contributed by atoms with Gasteiger partial charge in [-0.3, -0.25) is 0 Å². The molecule has 2 N–H and O–H groups in total. The van der Waals surface area contributed by atoms with Crippen molar-refractivity contribution in [3.8, 4) is 0 Å². The Hall–Kier alpha value is -1.20. The van der Waals surface area contributed by atoms with Crippen molar-refractivity contribution in [2.24, 2.45) is 0 Å². The number of carboxylic acids is 1. The highest BCUT2D eigenvalue weighted by molar-refractivity contribution is 7.98. The summed E-state index contributed by atoms with van der Waals surface area (Å²) < 4.78 is 0. The number of aromatic carboxylic acids is 1. The molecule has 0 amide bonds. The second-order valence-corrected chi connectivity index (χ2v) is 5.57. The van der Waals surface area contributed by atoms with E-state index in [0.29, 0.717) is 11.3 Å². The van der Waals surface area contributed by atoms with Crippen molar-refractivity contribution in [1.29, 1.82) is 0 Å². The molecule has 1 aromatic carbocycles. The van der Waals surface area contributed by atoms with Crippen LogP contribution >= 0.6 is 11.8 Å². The summed E-state index contributed by atoms with van der Waals surface area (Å²) in [5, 5.41) is 12.7. The van der Waals surface area contributed by atoms with Gasteiger partial charge in [0.2, 0.25) is 0 Å². The monoisotopic (exact) mass is 296 g/mol. The van der Waals surface area contributed by atoms with E-state index >= 15 is 0 Å². The summed E-state index contributed by atoms with van der Waals surface area (Å²) in [4.78, 5) is 14.6. The number of carbonyl (C=O) groups is 1. The third kappa shape index (κ3) is 4.42. The van der Waals surface area contributed by atoms with E-state index in [0.717, 1.165) is 24.5 Å². The quantitative estimate of drug-likeness (QED) is 0.721. The summed E-state index contributed by atoms with van der Waals surface area (Å²) in [5.41, 5.74) is 1.07. The maximum absolute atomic E-state index is 11.5. The number of thioether (sulfide) groups is 1. The minimum atomic E-state index is -0.882. The molecule has 20 heavy (non-hydrogen) atoms. The first-order valence-corrected chi connectivity index (χ1v) is 8.15. The summed E-state index contributed by atoms with van der Waals surface area (Å²) >= 11 is 1.46. The van der Waals surface area contributed by atoms with Crippen molar-refractivity contribution in [2.45, 2.75) is 31.7 Å². The van der Waals surface area contributed by atoms with Gasteiger partial charge in [0, 0.05) is 17.5 Å². The lowest BCUT2D eigenvalue weighted by atomic mass is 10.1. The zero-order valence-corrected chi connectivity index (χ0v) is 13.5. The number of anilines is 1. The number of hydrogen-bond donors (Lipinski definition) is 2. The summed E-state index contributed by atoms with van der Waals surface area (Å²) in [6.45, 7) is 9.24. The summed E-state index contributed by atoms with van der Waals surface area (Å²) in [7, 11) is 0. The number of benzene rings is 1. The molecule has 5 heteroatoms. The predicted octanol–water partition coefficient (Wildman–Crippen LogP) is 3.25. The van der Waals surface area contributed by atoms with Crippen LogP contribution in [0.3, 0.4) is 0 Å². The Balaban J connectivity index is 2.89. The molecule has 112 valence electrons. The van der Waals surface area contributed by atoms with Crippen molar-refractivity contribution in [2.75, 3.05) is 31.2 Å². The van der Waals surface area contributed by atoms with Crippen molar-refractivity contribution >= 4 is 23.4 Å². The van der Waals surface area contributed by atoms with Crippen molar-refractivity contribution in [1.82, 2.24) is 4.90 Å². The average Bonchev–Trinajstić information content (AvgIpc) is 2.43. The molecule has 0 bridgehead atoms. The maximum atomic E-state index is 11.5. The molecule has 0 spiro atoms. The van der Waals surface area contributed by atoms with E-state index in [1.165, 1.54) is 11.8 Å². The Labute approximate surface area is 125 Å². The maximum Gasteiger partial charge on any atom is 0.338 e. The van der Waals surface area contributed by atoms with E-state index in [1.807, 2.05) is 24.5 Å². The van der Waals surface area contributed by atoms with Crippen LogP contribution in [0.2, 0.25) is 0 Å². The fraction of sp³-hybridized carbons (Fsp3) is 0.533. The van der Waals surface area contributed by atoms with Crippen molar-refractivity contribution in [3.63, 3.8) is 0 Å². The molecule has 4 nitrogen and oxygen atoms in total. The third-order valence-corrected chi connectivity index (χ3v) is 4.07. The topological polar surface area (TPSA) is 52.6 Å². The predicted molar refractivity (Wildman–Crippen MR) is 86.1 cm³/mol. The van der Waals surface area contributed by atoms with Crippen LogP contribution in [0.25, 0.3) is 0 Å². The van der Waals surface area contributed by atoms with Gasteiger partial charge < -0.3 is 15.3 Å². The smallest absolute Gasteiger partial charge is 0.338 e. The van der Waals surface area contributed by atoms with E-state index in [1.54, 1.807) is 0 Å². The molecule has 1 atom stereocenters. The summed E-state index contributed by atoms with van der Waals surface area (Å²) in [5.74, 6) is -0.882. The van der Waals surface area contributed by atoms with E-state index in [2.05, 4.69) is 31.0 Å². The number of nitrogens with zero attached hydrogens (tertiary/aromatic N) is 1. The lowest BCUT2D eigenvalue weighted by Gasteiger charge is -2.25. The van der Waals surface area contributed by atoms with Gasteiger partial charge in [-0.05, 0) is 38.4 Å². The van der Waals surface area contributed by atoms with Crippen LogP contribution in [0.1, 0.15) is 31.1 Å². The highest BCUT2D eigenvalue weighted by Gasteiger charge is 2.17. The van der Waals surface area contributed by atoms with Crippen LogP contribution in [0.5, 0.6) is 0 Å². The molecular weight excluding hydrogens is 272 g/mol. The number of carboxylic acid groups (broad SMARTS) is 1. The number of rotatable bonds is 8. The summed E-state index contributed by atoms with van der Waals surface area (Å²) in [6.07, 6.45) is 1.89. The van der Waals surface area contributed by atoms with E-state index < -0.39 is 5.97 Å². The van der Waals surface area contributed by atoms with Gasteiger partial charge >= 0.3 is 5.97 Å². The normalized spacial score (nSPS) is 12.4. The van der Waals surface area contributed by atoms with E-state index in [9.17, 15) is 9.90 Å². The van der Waals surface area contributed by atoms with Crippen molar-refractivity contribution < 1.29 is 9.90 Å². The van der Waals surface area contributed by atoms with Crippen molar-refractivity contribution in [3.05, 3.63) is 23.8 Å². The second-order valence-electron chi connectivity index (χ2n) is 4.72. The van der Waals surface area contributed by atoms with Crippen LogP contribution < -0.4 is 5.32 Å². The molecule has 1 rings (SSSR count). The zero-order chi connectivity index (χ0) is 15.1. The van der Waals surface area contributed by atoms with Gasteiger partial charge in [0.1, 0.15) is 0 Å². The van der Waals surface area contributed by atoms with Crippen LogP contribution in [0, 0.1) is 0 Å². The van der Waals surface area contributed by atoms with E-state index in [-0.39, 0.29) is 6.04 Å². The van der Waals surface area contributed by atoms with Crippen LogP contribution in [-0.2, 0) is 0 Å². The molecule has 0 aliphatic carbocycles. The van der Waals surface area contributed by atoms with Gasteiger partial charge in [0.05, 0.1) is 11.3 Å². The van der Waals surface area contributed by atoms with Gasteiger partial charge in [-0.25, -0.2) is 4.79 Å². The highest BCUT2D eigenvalue weighted by atomic mass is 32.2. The Kier molecular flexibility index (Phi) is 6.88. The SMILES string of the molecule is CCN(CC)CC(C)Nc1cccc(SC)c1C(=O)O. The Bertz CT molecular complexity index is 447. The van der Waals surface area contributed by atoms with Gasteiger partial charge in [0.15, 0.2) is 0 Å². The Morgan fingerprint density at radius 3 is 2.55 bits per heavy atom. The molecule has 1 aromatic rings. The third-order valence-electron chi connectivity index (χ3n) is 3.29. The largest absolute Gasteiger partial charge is 0.478 e. The van der Waals surface area contributed by atoms with Gasteiger partial charge in [-0.1, -0.05) is 19.9 Å². The minimum Gasteiger partial charge on any atom is -0.478 e. The molecule has 0 aliphatic heterocycles. The first kappa shape index (κ1) is 16.9. The standard InChI is InChI=1S/C15H24N2O2S/c1-5-17(6-2)10-11(3)16-12-8-7-9-13(20-4)14(12)15(18)19/h7-9,11,16H,5-6,10H2,1-4H3,(H,18,19). The highest BCUT2D eigenvalue weighted by Crippen LogP contribution is 2.27. The first-order chi connectivity index (χ1) is 9.53. The van der Waals surface area contributed by atoms with Gasteiger partial charge in [-0.15, -0.1) is 11.8 Å².